The Kier molecular flexibility index (Phi) is 3.55. The highest BCUT2D eigenvalue weighted by Gasteiger charge is 2.00. The number of anilines is 1. The number of aliphatic imine (C=N–C) groups is 1. The van der Waals surface area contributed by atoms with Crippen LogP contribution in [0.4, 0.5) is 10.1 Å². The highest BCUT2D eigenvalue weighted by molar-refractivity contribution is 6.02. The summed E-state index contributed by atoms with van der Waals surface area (Å²) >= 11 is 0. The van der Waals surface area contributed by atoms with Gasteiger partial charge < -0.3 is 11.1 Å². The number of hydrogen-bond donors (Lipinski definition) is 2. The van der Waals surface area contributed by atoms with E-state index >= 15 is 0 Å². The molecule has 3 nitrogen and oxygen atoms in total. The van der Waals surface area contributed by atoms with E-state index < -0.39 is 6.67 Å². The summed E-state index contributed by atoms with van der Waals surface area (Å²) in [6.45, 7) is -0.415. The van der Waals surface area contributed by atoms with E-state index in [1.165, 1.54) is 0 Å². The molecule has 17 heavy (non-hydrogen) atoms. The Bertz CT molecular complexity index is 532. The van der Waals surface area contributed by atoms with Crippen LogP contribution in [0.2, 0.25) is 0 Å². The second-order valence-electron chi connectivity index (χ2n) is 3.61. The van der Waals surface area contributed by atoms with Gasteiger partial charge in [-0.05, 0) is 11.5 Å². The minimum Gasteiger partial charge on any atom is -0.370 e. The highest BCUT2D eigenvalue weighted by atomic mass is 19.1. The second-order valence-corrected chi connectivity index (χ2v) is 3.61. The lowest BCUT2D eigenvalue weighted by Gasteiger charge is -2.08. The number of halogens is 1. The van der Waals surface area contributed by atoms with E-state index in [1.54, 1.807) is 0 Å². The predicted molar refractivity (Wildman–Crippen MR) is 70.0 cm³/mol. The van der Waals surface area contributed by atoms with Gasteiger partial charge in [0, 0.05) is 11.1 Å². The first kappa shape index (κ1) is 11.4. The third-order valence-electron chi connectivity index (χ3n) is 2.42. The second kappa shape index (κ2) is 5.30. The summed E-state index contributed by atoms with van der Waals surface area (Å²) in [4.78, 5) is 3.85. The monoisotopic (exact) mass is 231 g/mol. The standard InChI is InChI=1S/C13H14FN3/c14-8-9-16-13(15)17-12-7-3-5-10-4-1-2-6-11(10)12/h1-7H,8-9H2,(H3,15,16,17). The average molecular weight is 231 g/mol. The molecule has 0 aliphatic carbocycles. The average Bonchev–Trinajstić information content (AvgIpc) is 2.37. The molecule has 0 amide bonds. The van der Waals surface area contributed by atoms with Crippen molar-refractivity contribution >= 4 is 22.4 Å². The Hall–Kier alpha value is -2.10. The lowest BCUT2D eigenvalue weighted by molar-refractivity contribution is 0.505. The normalized spacial score (nSPS) is 11.7. The molecule has 0 unspecified atom stereocenters. The summed E-state index contributed by atoms with van der Waals surface area (Å²) in [5.41, 5.74) is 6.53. The van der Waals surface area contributed by atoms with Gasteiger partial charge in [-0.15, -0.1) is 0 Å². The number of nitrogens with zero attached hydrogens (tertiary/aromatic N) is 1. The zero-order valence-electron chi connectivity index (χ0n) is 9.36. The molecular formula is C13H14FN3. The van der Waals surface area contributed by atoms with E-state index in [9.17, 15) is 4.39 Å². The van der Waals surface area contributed by atoms with Crippen molar-refractivity contribution in [2.75, 3.05) is 18.5 Å². The molecule has 0 aliphatic rings. The molecule has 0 atom stereocenters. The van der Waals surface area contributed by atoms with E-state index in [0.29, 0.717) is 0 Å². The van der Waals surface area contributed by atoms with Crippen molar-refractivity contribution in [1.29, 1.82) is 0 Å². The Labute approximate surface area is 99.2 Å². The van der Waals surface area contributed by atoms with Crippen molar-refractivity contribution in [1.82, 2.24) is 0 Å². The Morgan fingerprint density at radius 3 is 2.76 bits per heavy atom. The summed E-state index contributed by atoms with van der Waals surface area (Å²) in [6.07, 6.45) is 0. The molecule has 2 aromatic rings. The number of fused-ring (bicyclic) bond motifs is 1. The number of alkyl halides is 1. The van der Waals surface area contributed by atoms with E-state index in [0.717, 1.165) is 16.5 Å². The largest absolute Gasteiger partial charge is 0.370 e. The predicted octanol–water partition coefficient (Wildman–Crippen LogP) is 2.54. The quantitative estimate of drug-likeness (QED) is 0.630. The van der Waals surface area contributed by atoms with Crippen molar-refractivity contribution in [3.63, 3.8) is 0 Å². The first-order chi connectivity index (χ1) is 8.31. The molecule has 0 bridgehead atoms. The molecule has 0 aliphatic heterocycles. The molecule has 4 heteroatoms. The number of rotatable bonds is 3. The van der Waals surface area contributed by atoms with E-state index in [-0.39, 0.29) is 12.5 Å². The van der Waals surface area contributed by atoms with Crippen LogP contribution in [0, 0.1) is 0 Å². The molecule has 2 aromatic carbocycles. The third kappa shape index (κ3) is 2.72. The number of benzene rings is 2. The van der Waals surface area contributed by atoms with Gasteiger partial charge in [0.25, 0.3) is 0 Å². The molecule has 3 N–H and O–H groups in total. The Morgan fingerprint density at radius 1 is 1.18 bits per heavy atom. The molecule has 0 spiro atoms. The van der Waals surface area contributed by atoms with Crippen LogP contribution in [0.5, 0.6) is 0 Å². The molecule has 0 radical (unpaired) electrons. The van der Waals surface area contributed by atoms with Gasteiger partial charge in [-0.2, -0.15) is 0 Å². The first-order valence-electron chi connectivity index (χ1n) is 5.42. The van der Waals surface area contributed by atoms with Crippen molar-refractivity contribution in [2.24, 2.45) is 10.7 Å². The smallest absolute Gasteiger partial charge is 0.193 e. The van der Waals surface area contributed by atoms with Crippen LogP contribution in [-0.4, -0.2) is 19.2 Å². The van der Waals surface area contributed by atoms with E-state index in [1.807, 2.05) is 42.5 Å². The minimum atomic E-state index is -0.502. The van der Waals surface area contributed by atoms with Gasteiger partial charge in [-0.3, -0.25) is 4.99 Å². The van der Waals surface area contributed by atoms with Crippen LogP contribution < -0.4 is 11.1 Å². The van der Waals surface area contributed by atoms with Gasteiger partial charge in [0.1, 0.15) is 6.67 Å². The molecule has 0 heterocycles. The summed E-state index contributed by atoms with van der Waals surface area (Å²) in [7, 11) is 0. The fourth-order valence-corrected chi connectivity index (χ4v) is 1.67. The molecular weight excluding hydrogens is 217 g/mol. The SMILES string of the molecule is NC(=NCCF)Nc1cccc2ccccc12. The van der Waals surface area contributed by atoms with Gasteiger partial charge in [0.15, 0.2) is 5.96 Å². The van der Waals surface area contributed by atoms with Gasteiger partial charge in [-0.1, -0.05) is 36.4 Å². The third-order valence-corrected chi connectivity index (χ3v) is 2.42. The number of nitrogens with two attached hydrogens (primary N) is 1. The van der Waals surface area contributed by atoms with Crippen molar-refractivity contribution in [3.05, 3.63) is 42.5 Å². The van der Waals surface area contributed by atoms with Crippen LogP contribution >= 0.6 is 0 Å². The van der Waals surface area contributed by atoms with Gasteiger partial charge in [0.05, 0.1) is 6.54 Å². The summed E-state index contributed by atoms with van der Waals surface area (Å²) in [6, 6.07) is 13.8. The molecule has 0 saturated carbocycles. The summed E-state index contributed by atoms with van der Waals surface area (Å²) in [5, 5.41) is 5.17. The zero-order chi connectivity index (χ0) is 12.1. The number of nitrogens with one attached hydrogen (secondary N) is 1. The lowest BCUT2D eigenvalue weighted by atomic mass is 10.1. The molecule has 2 rings (SSSR count). The zero-order valence-corrected chi connectivity index (χ0v) is 9.36. The van der Waals surface area contributed by atoms with Crippen LogP contribution in [0.25, 0.3) is 10.8 Å². The van der Waals surface area contributed by atoms with Crippen molar-refractivity contribution in [3.8, 4) is 0 Å². The van der Waals surface area contributed by atoms with E-state index in [4.69, 9.17) is 5.73 Å². The highest BCUT2D eigenvalue weighted by Crippen LogP contribution is 2.22. The maximum Gasteiger partial charge on any atom is 0.193 e. The van der Waals surface area contributed by atoms with Crippen molar-refractivity contribution in [2.45, 2.75) is 0 Å². The fraction of sp³-hybridized carbons (Fsp3) is 0.154. The fourth-order valence-electron chi connectivity index (χ4n) is 1.67. The minimum absolute atomic E-state index is 0.0869. The maximum atomic E-state index is 12.0. The lowest BCUT2D eigenvalue weighted by Crippen LogP contribution is -2.23. The first-order valence-corrected chi connectivity index (χ1v) is 5.42. The topological polar surface area (TPSA) is 50.4 Å². The molecule has 0 fully saturated rings. The molecule has 88 valence electrons. The van der Waals surface area contributed by atoms with Crippen LogP contribution in [0.1, 0.15) is 0 Å². The number of hydrogen-bond acceptors (Lipinski definition) is 1. The van der Waals surface area contributed by atoms with Gasteiger partial charge in [-0.25, -0.2) is 4.39 Å². The summed E-state index contributed by atoms with van der Waals surface area (Å²) in [5.74, 6) is 0.235. The number of guanidine groups is 1. The van der Waals surface area contributed by atoms with Crippen molar-refractivity contribution < 1.29 is 4.39 Å². The van der Waals surface area contributed by atoms with E-state index in [2.05, 4.69) is 10.3 Å². The van der Waals surface area contributed by atoms with Gasteiger partial charge >= 0.3 is 0 Å². The Balaban J connectivity index is 2.30. The maximum absolute atomic E-state index is 12.0. The Morgan fingerprint density at radius 2 is 1.94 bits per heavy atom. The van der Waals surface area contributed by atoms with Gasteiger partial charge in [0.2, 0.25) is 0 Å². The molecule has 0 saturated heterocycles. The van der Waals surface area contributed by atoms with Crippen LogP contribution in [0.3, 0.4) is 0 Å². The molecule has 0 aromatic heterocycles. The van der Waals surface area contributed by atoms with Crippen LogP contribution in [0.15, 0.2) is 47.5 Å². The van der Waals surface area contributed by atoms with Crippen LogP contribution in [-0.2, 0) is 0 Å². The summed E-state index contributed by atoms with van der Waals surface area (Å²) < 4.78 is 12.0.